The van der Waals surface area contributed by atoms with Crippen molar-refractivity contribution in [1.82, 2.24) is 4.37 Å². The van der Waals surface area contributed by atoms with Gasteiger partial charge < -0.3 is 5.11 Å². The highest BCUT2D eigenvalue weighted by atomic mass is 35.5. The van der Waals surface area contributed by atoms with E-state index in [1.165, 1.54) is 23.3 Å². The molecule has 1 N–H and O–H groups in total. The average molecular weight is 235 g/mol. The lowest BCUT2D eigenvalue weighted by Crippen LogP contribution is -2.00. The zero-order chi connectivity index (χ0) is 9.84. The van der Waals surface area contributed by atoms with E-state index in [1.807, 2.05) is 13.0 Å². The quantitative estimate of drug-likeness (QED) is 0.815. The number of nitrogens with zero attached hydrogens (tertiary/aromatic N) is 2. The summed E-state index contributed by atoms with van der Waals surface area (Å²) >= 11 is 8.28. The zero-order valence-electron chi connectivity index (χ0n) is 6.82. The molecule has 0 fully saturated rings. The van der Waals surface area contributed by atoms with Gasteiger partial charge in [-0.05, 0) is 11.5 Å². The number of nitriles is 1. The normalized spacial score (nSPS) is 12.5. The fraction of sp³-hybridized carbons (Fsp3) is 0.429. The molecule has 0 radical (unpaired) electrons. The zero-order valence-corrected chi connectivity index (χ0v) is 9.21. The summed E-state index contributed by atoms with van der Waals surface area (Å²) in [6.45, 7) is 1.95. The van der Waals surface area contributed by atoms with E-state index in [9.17, 15) is 0 Å². The van der Waals surface area contributed by atoms with Crippen LogP contribution in [0.2, 0.25) is 5.15 Å². The Labute approximate surface area is 89.5 Å². The predicted octanol–water partition coefficient (Wildman–Crippen LogP) is 2.14. The van der Waals surface area contributed by atoms with E-state index in [-0.39, 0.29) is 17.0 Å². The van der Waals surface area contributed by atoms with Crippen molar-refractivity contribution in [2.75, 3.05) is 6.61 Å². The summed E-state index contributed by atoms with van der Waals surface area (Å²) in [5.41, 5.74) is 0.414. The van der Waals surface area contributed by atoms with E-state index in [0.29, 0.717) is 5.56 Å². The first kappa shape index (κ1) is 10.8. The Morgan fingerprint density at radius 2 is 2.54 bits per heavy atom. The fourth-order valence-electron chi connectivity index (χ4n) is 0.649. The molecule has 1 aromatic rings. The first-order valence-electron chi connectivity index (χ1n) is 3.51. The van der Waals surface area contributed by atoms with Crippen molar-refractivity contribution >= 4 is 34.9 Å². The highest BCUT2D eigenvalue weighted by molar-refractivity contribution is 8.01. The maximum absolute atomic E-state index is 8.81. The smallest absolute Gasteiger partial charge is 0.161 e. The molecule has 1 atom stereocenters. The summed E-state index contributed by atoms with van der Waals surface area (Å²) in [7, 11) is 0. The molecule has 1 rings (SSSR count). The van der Waals surface area contributed by atoms with E-state index < -0.39 is 0 Å². The highest BCUT2D eigenvalue weighted by Gasteiger charge is 2.14. The molecule has 1 heterocycles. The third-order valence-electron chi connectivity index (χ3n) is 1.30. The van der Waals surface area contributed by atoms with Crippen LogP contribution >= 0.6 is 34.9 Å². The number of rotatable bonds is 3. The van der Waals surface area contributed by atoms with Gasteiger partial charge in [0, 0.05) is 5.25 Å². The first-order chi connectivity index (χ1) is 6.19. The topological polar surface area (TPSA) is 56.9 Å². The van der Waals surface area contributed by atoms with Crippen LogP contribution in [-0.4, -0.2) is 21.3 Å². The molecule has 0 aliphatic carbocycles. The fourth-order valence-corrected chi connectivity index (χ4v) is 2.97. The second-order valence-electron chi connectivity index (χ2n) is 2.36. The summed E-state index contributed by atoms with van der Waals surface area (Å²) < 4.78 is 4.63. The molecule has 0 saturated heterocycles. The van der Waals surface area contributed by atoms with Crippen LogP contribution in [0, 0.1) is 11.3 Å². The molecular formula is C7H7ClN2OS2. The van der Waals surface area contributed by atoms with Gasteiger partial charge in [0.15, 0.2) is 5.15 Å². The van der Waals surface area contributed by atoms with Crippen LogP contribution in [0.1, 0.15) is 12.5 Å². The summed E-state index contributed by atoms with van der Waals surface area (Å²) in [4.78, 5) is 0. The lowest BCUT2D eigenvalue weighted by molar-refractivity contribution is 0.300. The van der Waals surface area contributed by atoms with Gasteiger partial charge in [0.2, 0.25) is 0 Å². The monoisotopic (exact) mass is 234 g/mol. The van der Waals surface area contributed by atoms with Gasteiger partial charge in [0.05, 0.1) is 6.61 Å². The predicted molar refractivity (Wildman–Crippen MR) is 54.2 cm³/mol. The van der Waals surface area contributed by atoms with Crippen LogP contribution in [0.4, 0.5) is 0 Å². The van der Waals surface area contributed by atoms with Crippen LogP contribution < -0.4 is 0 Å². The summed E-state index contributed by atoms with van der Waals surface area (Å²) in [6.07, 6.45) is 0. The van der Waals surface area contributed by atoms with Gasteiger partial charge >= 0.3 is 0 Å². The van der Waals surface area contributed by atoms with Gasteiger partial charge in [-0.15, -0.1) is 11.8 Å². The second kappa shape index (κ2) is 4.82. The number of thioether (sulfide) groups is 1. The van der Waals surface area contributed by atoms with Crippen LogP contribution in [0.25, 0.3) is 0 Å². The minimum atomic E-state index is 0.0589. The van der Waals surface area contributed by atoms with E-state index in [2.05, 4.69) is 4.37 Å². The largest absolute Gasteiger partial charge is 0.395 e. The van der Waals surface area contributed by atoms with Crippen molar-refractivity contribution in [3.05, 3.63) is 10.7 Å². The molecule has 0 spiro atoms. The molecule has 0 aliphatic rings. The SMILES string of the molecule is CC(CO)Sc1snc(Cl)c1C#N. The number of aliphatic hydroxyl groups excluding tert-OH is 1. The molecule has 13 heavy (non-hydrogen) atoms. The van der Waals surface area contributed by atoms with E-state index in [1.54, 1.807) is 0 Å². The molecule has 1 aromatic heterocycles. The van der Waals surface area contributed by atoms with Crippen LogP contribution in [0.15, 0.2) is 4.21 Å². The Kier molecular flexibility index (Phi) is 4.00. The third-order valence-corrected chi connectivity index (χ3v) is 3.80. The molecule has 1 unspecified atom stereocenters. The maximum atomic E-state index is 8.81. The number of hydrogen-bond donors (Lipinski definition) is 1. The van der Waals surface area contributed by atoms with Gasteiger partial charge in [-0.25, -0.2) is 0 Å². The van der Waals surface area contributed by atoms with Gasteiger partial charge in [-0.2, -0.15) is 9.64 Å². The lowest BCUT2D eigenvalue weighted by atomic mass is 10.4. The van der Waals surface area contributed by atoms with Crippen LogP contribution in [0.5, 0.6) is 0 Å². The standard InChI is InChI=1S/C7H7ClN2OS2/c1-4(3-11)12-7-5(2-9)6(8)10-13-7/h4,11H,3H2,1H3. The number of aliphatic hydroxyl groups is 1. The van der Waals surface area contributed by atoms with Gasteiger partial charge in [0.25, 0.3) is 0 Å². The maximum Gasteiger partial charge on any atom is 0.161 e. The van der Waals surface area contributed by atoms with Gasteiger partial charge in [0.1, 0.15) is 15.8 Å². The molecule has 0 aromatic carbocycles. The Balaban J connectivity index is 2.84. The second-order valence-corrected chi connectivity index (χ2v) is 5.20. The van der Waals surface area contributed by atoms with Crippen molar-refractivity contribution in [1.29, 1.82) is 5.26 Å². The molecule has 0 bridgehead atoms. The molecule has 0 aliphatic heterocycles. The molecule has 3 nitrogen and oxygen atoms in total. The van der Waals surface area contributed by atoms with E-state index >= 15 is 0 Å². The van der Waals surface area contributed by atoms with Crippen LogP contribution in [-0.2, 0) is 0 Å². The van der Waals surface area contributed by atoms with Crippen molar-refractivity contribution in [2.24, 2.45) is 0 Å². The minimum Gasteiger partial charge on any atom is -0.395 e. The summed E-state index contributed by atoms with van der Waals surface area (Å²) in [5.74, 6) is 0. The number of hydrogen-bond acceptors (Lipinski definition) is 5. The summed E-state index contributed by atoms with van der Waals surface area (Å²) in [5, 5.41) is 17.9. The Hall–Kier alpha value is -0.280. The third kappa shape index (κ3) is 2.58. The van der Waals surface area contributed by atoms with Crippen LogP contribution in [0.3, 0.4) is 0 Å². The molecule has 0 amide bonds. The highest BCUT2D eigenvalue weighted by Crippen LogP contribution is 2.33. The molecule has 6 heteroatoms. The minimum absolute atomic E-state index is 0.0589. The molecule has 70 valence electrons. The summed E-state index contributed by atoms with van der Waals surface area (Å²) in [6, 6.07) is 1.99. The number of aromatic nitrogens is 1. The van der Waals surface area contributed by atoms with Crippen molar-refractivity contribution in [3.63, 3.8) is 0 Å². The van der Waals surface area contributed by atoms with Crippen molar-refractivity contribution < 1.29 is 5.11 Å². The Morgan fingerprint density at radius 3 is 3.08 bits per heavy atom. The Bertz CT molecular complexity index is 334. The average Bonchev–Trinajstić information content (AvgIpc) is 2.46. The first-order valence-corrected chi connectivity index (χ1v) is 5.55. The van der Waals surface area contributed by atoms with E-state index in [0.717, 1.165) is 4.21 Å². The van der Waals surface area contributed by atoms with Crippen molar-refractivity contribution in [2.45, 2.75) is 16.4 Å². The number of halogens is 1. The lowest BCUT2D eigenvalue weighted by Gasteiger charge is -2.03. The Morgan fingerprint density at radius 1 is 1.85 bits per heavy atom. The molecule has 0 saturated carbocycles. The molecular weight excluding hydrogens is 228 g/mol. The van der Waals surface area contributed by atoms with E-state index in [4.69, 9.17) is 22.0 Å². The van der Waals surface area contributed by atoms with Gasteiger partial charge in [-0.3, -0.25) is 0 Å². The van der Waals surface area contributed by atoms with Gasteiger partial charge in [-0.1, -0.05) is 18.5 Å². The van der Waals surface area contributed by atoms with Crippen molar-refractivity contribution in [3.8, 4) is 6.07 Å².